The Kier molecular flexibility index (Phi) is 5.11. The molecule has 0 aromatic carbocycles. The van der Waals surface area contributed by atoms with Crippen LogP contribution in [-0.4, -0.2) is 23.5 Å². The standard InChI is InChI=1S/C14H17N3S2/c1-11-14(18-10-16-11)9-17(2)8-13-6-5-12(19-13)4-3-7-15/h5-6,10H,7-9,15H2,1-2H3. The van der Waals surface area contributed by atoms with E-state index in [0.29, 0.717) is 6.54 Å². The zero-order valence-corrected chi connectivity index (χ0v) is 12.8. The largest absolute Gasteiger partial charge is 0.320 e. The van der Waals surface area contributed by atoms with Gasteiger partial charge in [-0.3, -0.25) is 4.90 Å². The van der Waals surface area contributed by atoms with Crippen LogP contribution in [0.4, 0.5) is 0 Å². The van der Waals surface area contributed by atoms with E-state index in [1.807, 2.05) is 5.51 Å². The molecule has 0 saturated carbocycles. The highest BCUT2D eigenvalue weighted by molar-refractivity contribution is 7.12. The van der Waals surface area contributed by atoms with Gasteiger partial charge in [-0.15, -0.1) is 22.7 Å². The quantitative estimate of drug-likeness (QED) is 0.880. The number of rotatable bonds is 4. The Bertz CT molecular complexity index is 589. The van der Waals surface area contributed by atoms with E-state index in [-0.39, 0.29) is 0 Å². The van der Waals surface area contributed by atoms with Crippen molar-refractivity contribution in [3.63, 3.8) is 0 Å². The van der Waals surface area contributed by atoms with Crippen molar-refractivity contribution in [3.8, 4) is 11.8 Å². The third kappa shape index (κ3) is 4.15. The molecule has 0 unspecified atom stereocenters. The van der Waals surface area contributed by atoms with Gasteiger partial charge in [0.15, 0.2) is 0 Å². The van der Waals surface area contributed by atoms with E-state index in [4.69, 9.17) is 5.73 Å². The zero-order chi connectivity index (χ0) is 13.7. The first-order valence-electron chi connectivity index (χ1n) is 6.04. The molecule has 0 radical (unpaired) electrons. The maximum atomic E-state index is 5.37. The summed E-state index contributed by atoms with van der Waals surface area (Å²) in [5.41, 5.74) is 8.42. The van der Waals surface area contributed by atoms with E-state index >= 15 is 0 Å². The molecule has 2 rings (SSSR count). The molecule has 5 heteroatoms. The second-order valence-electron chi connectivity index (χ2n) is 4.31. The molecule has 3 nitrogen and oxygen atoms in total. The van der Waals surface area contributed by atoms with Crippen molar-refractivity contribution < 1.29 is 0 Å². The Morgan fingerprint density at radius 1 is 1.37 bits per heavy atom. The maximum absolute atomic E-state index is 5.37. The van der Waals surface area contributed by atoms with Crippen molar-refractivity contribution in [3.05, 3.63) is 38.0 Å². The third-order valence-electron chi connectivity index (χ3n) is 2.66. The van der Waals surface area contributed by atoms with Gasteiger partial charge in [0.2, 0.25) is 0 Å². The average Bonchev–Trinajstić information content (AvgIpc) is 2.97. The molecule has 2 aromatic heterocycles. The summed E-state index contributed by atoms with van der Waals surface area (Å²) in [7, 11) is 2.13. The summed E-state index contributed by atoms with van der Waals surface area (Å²) in [6.45, 7) is 4.35. The topological polar surface area (TPSA) is 42.2 Å². The lowest BCUT2D eigenvalue weighted by atomic mass is 10.3. The van der Waals surface area contributed by atoms with Gasteiger partial charge in [-0.2, -0.15) is 0 Å². The van der Waals surface area contributed by atoms with Gasteiger partial charge in [-0.05, 0) is 26.1 Å². The summed E-state index contributed by atoms with van der Waals surface area (Å²) in [5, 5.41) is 0. The highest BCUT2D eigenvalue weighted by Crippen LogP contribution is 2.19. The number of hydrogen-bond donors (Lipinski definition) is 1. The van der Waals surface area contributed by atoms with Gasteiger partial charge in [0.05, 0.1) is 22.6 Å². The molecule has 0 aliphatic heterocycles. The predicted molar refractivity (Wildman–Crippen MR) is 82.3 cm³/mol. The van der Waals surface area contributed by atoms with Gasteiger partial charge in [-0.1, -0.05) is 11.8 Å². The zero-order valence-electron chi connectivity index (χ0n) is 11.1. The SMILES string of the molecule is Cc1ncsc1CN(C)Cc1ccc(C#CCN)s1. The number of thiophene rings is 1. The molecule has 0 bridgehead atoms. The summed E-state index contributed by atoms with van der Waals surface area (Å²) >= 11 is 3.45. The first-order valence-corrected chi connectivity index (χ1v) is 7.74. The molecule has 0 aliphatic carbocycles. The van der Waals surface area contributed by atoms with E-state index in [0.717, 1.165) is 23.7 Å². The minimum atomic E-state index is 0.414. The average molecular weight is 291 g/mol. The van der Waals surface area contributed by atoms with Gasteiger partial charge in [0, 0.05) is 22.8 Å². The van der Waals surface area contributed by atoms with Crippen molar-refractivity contribution in [2.24, 2.45) is 5.73 Å². The lowest BCUT2D eigenvalue weighted by Crippen LogP contribution is -2.16. The lowest BCUT2D eigenvalue weighted by molar-refractivity contribution is 0.324. The molecule has 0 fully saturated rings. The van der Waals surface area contributed by atoms with Crippen LogP contribution in [-0.2, 0) is 13.1 Å². The van der Waals surface area contributed by atoms with Crippen LogP contribution >= 0.6 is 22.7 Å². The number of nitrogens with two attached hydrogens (primary N) is 1. The molecule has 2 N–H and O–H groups in total. The molecule has 0 spiro atoms. The summed E-state index contributed by atoms with van der Waals surface area (Å²) in [6.07, 6.45) is 0. The second-order valence-corrected chi connectivity index (χ2v) is 6.41. The van der Waals surface area contributed by atoms with E-state index in [2.05, 4.69) is 47.8 Å². The second kappa shape index (κ2) is 6.83. The minimum Gasteiger partial charge on any atom is -0.320 e. The van der Waals surface area contributed by atoms with Crippen molar-refractivity contribution >= 4 is 22.7 Å². The fourth-order valence-corrected chi connectivity index (χ4v) is 3.53. The third-order valence-corrected chi connectivity index (χ3v) is 4.56. The summed E-state index contributed by atoms with van der Waals surface area (Å²) in [4.78, 5) is 10.3. The van der Waals surface area contributed by atoms with E-state index in [1.54, 1.807) is 22.7 Å². The number of aryl methyl sites for hydroxylation is 1. The van der Waals surface area contributed by atoms with Crippen LogP contribution in [0.25, 0.3) is 0 Å². The Balaban J connectivity index is 1.93. The molecular formula is C14H17N3S2. The van der Waals surface area contributed by atoms with Crippen LogP contribution < -0.4 is 5.73 Å². The van der Waals surface area contributed by atoms with Crippen LogP contribution in [0, 0.1) is 18.8 Å². The van der Waals surface area contributed by atoms with Crippen molar-refractivity contribution in [1.82, 2.24) is 9.88 Å². The van der Waals surface area contributed by atoms with Gasteiger partial charge in [0.25, 0.3) is 0 Å². The van der Waals surface area contributed by atoms with Crippen LogP contribution in [0.15, 0.2) is 17.6 Å². The highest BCUT2D eigenvalue weighted by atomic mass is 32.1. The first-order chi connectivity index (χ1) is 9.19. The Morgan fingerprint density at radius 3 is 2.89 bits per heavy atom. The number of hydrogen-bond acceptors (Lipinski definition) is 5. The minimum absolute atomic E-state index is 0.414. The molecule has 19 heavy (non-hydrogen) atoms. The van der Waals surface area contributed by atoms with Gasteiger partial charge in [0.1, 0.15) is 0 Å². The highest BCUT2D eigenvalue weighted by Gasteiger charge is 2.07. The Hall–Kier alpha value is -1.19. The number of aromatic nitrogens is 1. The van der Waals surface area contributed by atoms with Gasteiger partial charge < -0.3 is 5.73 Å². The molecule has 2 aromatic rings. The van der Waals surface area contributed by atoms with E-state index in [1.165, 1.54) is 9.75 Å². The van der Waals surface area contributed by atoms with Crippen molar-refractivity contribution in [2.75, 3.05) is 13.6 Å². The van der Waals surface area contributed by atoms with E-state index in [9.17, 15) is 0 Å². The van der Waals surface area contributed by atoms with Crippen LogP contribution in [0.2, 0.25) is 0 Å². The number of nitrogens with zero attached hydrogens (tertiary/aromatic N) is 2. The van der Waals surface area contributed by atoms with Crippen LogP contribution in [0.1, 0.15) is 20.3 Å². The maximum Gasteiger partial charge on any atom is 0.0798 e. The molecule has 0 aliphatic rings. The molecular weight excluding hydrogens is 274 g/mol. The lowest BCUT2D eigenvalue weighted by Gasteiger charge is -2.14. The van der Waals surface area contributed by atoms with Gasteiger partial charge >= 0.3 is 0 Å². The summed E-state index contributed by atoms with van der Waals surface area (Å²) < 4.78 is 0. The summed E-state index contributed by atoms with van der Waals surface area (Å²) in [6, 6.07) is 4.20. The van der Waals surface area contributed by atoms with E-state index < -0.39 is 0 Å². The Labute approximate surface area is 122 Å². The number of thiazole rings is 1. The fraction of sp³-hybridized carbons (Fsp3) is 0.357. The van der Waals surface area contributed by atoms with Crippen LogP contribution in [0.3, 0.4) is 0 Å². The van der Waals surface area contributed by atoms with Crippen molar-refractivity contribution in [1.29, 1.82) is 0 Å². The Morgan fingerprint density at radius 2 is 2.21 bits per heavy atom. The molecule has 2 heterocycles. The smallest absolute Gasteiger partial charge is 0.0798 e. The fourth-order valence-electron chi connectivity index (χ4n) is 1.71. The molecule has 0 saturated heterocycles. The summed E-state index contributed by atoms with van der Waals surface area (Å²) in [5.74, 6) is 5.95. The normalized spacial score (nSPS) is 10.5. The molecule has 0 amide bonds. The first kappa shape index (κ1) is 14.2. The predicted octanol–water partition coefficient (Wildman–Crippen LogP) is 2.46. The monoisotopic (exact) mass is 291 g/mol. The van der Waals surface area contributed by atoms with Crippen LogP contribution in [0.5, 0.6) is 0 Å². The molecule has 100 valence electrons. The van der Waals surface area contributed by atoms with Gasteiger partial charge in [-0.25, -0.2) is 4.98 Å². The van der Waals surface area contributed by atoms with Crippen molar-refractivity contribution in [2.45, 2.75) is 20.0 Å². The molecule has 0 atom stereocenters.